The van der Waals surface area contributed by atoms with Gasteiger partial charge in [0.25, 0.3) is 0 Å². The predicted molar refractivity (Wildman–Crippen MR) is 81.0 cm³/mol. The van der Waals surface area contributed by atoms with Crippen LogP contribution in [0.15, 0.2) is 23.7 Å². The van der Waals surface area contributed by atoms with Gasteiger partial charge in [0.1, 0.15) is 0 Å². The van der Waals surface area contributed by atoms with E-state index < -0.39 is 0 Å². The third-order valence-electron chi connectivity index (χ3n) is 3.71. The van der Waals surface area contributed by atoms with Gasteiger partial charge in [-0.2, -0.15) is 0 Å². The summed E-state index contributed by atoms with van der Waals surface area (Å²) >= 11 is 1.86. The van der Waals surface area contributed by atoms with Gasteiger partial charge in [-0.3, -0.25) is 4.98 Å². The van der Waals surface area contributed by atoms with Crippen molar-refractivity contribution in [3.63, 3.8) is 0 Å². The van der Waals surface area contributed by atoms with Crippen molar-refractivity contribution in [3.05, 3.63) is 40.6 Å². The summed E-state index contributed by atoms with van der Waals surface area (Å²) in [4.78, 5) is 4.64. The van der Waals surface area contributed by atoms with Gasteiger partial charge in [-0.25, -0.2) is 0 Å². The zero-order chi connectivity index (χ0) is 13.1. The van der Waals surface area contributed by atoms with Crippen LogP contribution >= 0.6 is 11.8 Å². The molecule has 0 aliphatic carbocycles. The van der Waals surface area contributed by atoms with Crippen LogP contribution in [0.25, 0.3) is 0 Å². The van der Waals surface area contributed by atoms with Crippen molar-refractivity contribution < 1.29 is 0 Å². The van der Waals surface area contributed by atoms with Crippen molar-refractivity contribution in [1.82, 2.24) is 4.98 Å². The van der Waals surface area contributed by atoms with E-state index in [0.29, 0.717) is 17.8 Å². The van der Waals surface area contributed by atoms with E-state index in [9.17, 15) is 0 Å². The molecule has 98 valence electrons. The normalized spacial score (nSPS) is 21.6. The summed E-state index contributed by atoms with van der Waals surface area (Å²) in [6.07, 6.45) is 5.45. The number of rotatable bonds is 2. The molecular formula is C16H23NS. The smallest absolute Gasteiger partial charge is 0.0543 e. The molecular weight excluding hydrogens is 238 g/mol. The quantitative estimate of drug-likeness (QED) is 0.735. The topological polar surface area (TPSA) is 12.9 Å². The Kier molecular flexibility index (Phi) is 4.50. The van der Waals surface area contributed by atoms with Gasteiger partial charge in [0.2, 0.25) is 0 Å². The predicted octanol–water partition coefficient (Wildman–Crippen LogP) is 5.10. The molecule has 1 aliphatic heterocycles. The maximum atomic E-state index is 4.64. The van der Waals surface area contributed by atoms with Gasteiger partial charge in [0.15, 0.2) is 0 Å². The number of nitrogens with zero attached hydrogens (tertiary/aromatic N) is 1. The molecule has 1 nitrogen and oxygen atoms in total. The van der Waals surface area contributed by atoms with Crippen LogP contribution in [0, 0.1) is 5.92 Å². The van der Waals surface area contributed by atoms with E-state index in [1.807, 2.05) is 18.0 Å². The molecule has 0 N–H and O–H groups in total. The average Bonchev–Trinajstić information content (AvgIpc) is 2.28. The van der Waals surface area contributed by atoms with E-state index in [1.54, 1.807) is 0 Å². The lowest BCUT2D eigenvalue weighted by molar-refractivity contribution is 0.492. The number of pyridine rings is 1. The molecule has 0 spiro atoms. The molecule has 1 atom stereocenters. The highest BCUT2D eigenvalue weighted by Crippen LogP contribution is 2.38. The fourth-order valence-corrected chi connectivity index (χ4v) is 3.43. The fourth-order valence-electron chi connectivity index (χ4n) is 2.70. The first-order valence-electron chi connectivity index (χ1n) is 6.85. The number of fused-ring (bicyclic) bond motifs is 1. The van der Waals surface area contributed by atoms with Gasteiger partial charge < -0.3 is 0 Å². The average molecular weight is 261 g/mol. The maximum absolute atomic E-state index is 4.64. The van der Waals surface area contributed by atoms with Gasteiger partial charge in [-0.05, 0) is 46.8 Å². The number of aromatic nitrogens is 1. The summed E-state index contributed by atoms with van der Waals surface area (Å²) in [7, 11) is 0. The molecule has 0 amide bonds. The van der Waals surface area contributed by atoms with E-state index in [2.05, 4.69) is 50.2 Å². The van der Waals surface area contributed by atoms with E-state index in [0.717, 1.165) is 12.2 Å². The lowest BCUT2D eigenvalue weighted by Gasteiger charge is -2.27. The largest absolute Gasteiger partial charge is 0.260 e. The molecule has 2 heteroatoms. The molecule has 2 heterocycles. The van der Waals surface area contributed by atoms with Crippen molar-refractivity contribution >= 4 is 11.8 Å². The van der Waals surface area contributed by atoms with Crippen LogP contribution in [0.2, 0.25) is 0 Å². The van der Waals surface area contributed by atoms with E-state index in [-0.39, 0.29) is 0 Å². The van der Waals surface area contributed by atoms with Crippen molar-refractivity contribution in [1.29, 1.82) is 0 Å². The fraction of sp³-hybridized carbons (Fsp3) is 0.562. The number of hydrogen-bond acceptors (Lipinski definition) is 2. The standard InChI is InChI=1S/C16H23NS/c1-11(2)13-6-5-9-18-10-15-16(13)14(12(3)4)7-8-17-15/h5,7-9,11-13H,6,10H2,1-4H3/b9-5-. The molecule has 0 saturated carbocycles. The number of allylic oxidation sites excluding steroid dienone is 1. The molecule has 0 saturated heterocycles. The monoisotopic (exact) mass is 261 g/mol. The third-order valence-corrected chi connectivity index (χ3v) is 4.53. The molecule has 18 heavy (non-hydrogen) atoms. The zero-order valence-electron chi connectivity index (χ0n) is 11.8. The molecule has 0 bridgehead atoms. The SMILES string of the molecule is CC(C)c1ccnc2c1C(C(C)C)C/C=C\SC2. The highest BCUT2D eigenvalue weighted by atomic mass is 32.2. The Hall–Kier alpha value is -0.760. The summed E-state index contributed by atoms with van der Waals surface area (Å²) in [5.74, 6) is 2.87. The Morgan fingerprint density at radius 2 is 2.06 bits per heavy atom. The molecule has 1 aliphatic rings. The van der Waals surface area contributed by atoms with Crippen LogP contribution < -0.4 is 0 Å². The first-order valence-corrected chi connectivity index (χ1v) is 7.90. The Morgan fingerprint density at radius 1 is 1.28 bits per heavy atom. The lowest BCUT2D eigenvalue weighted by atomic mass is 9.80. The van der Waals surface area contributed by atoms with Crippen LogP contribution in [-0.2, 0) is 5.75 Å². The van der Waals surface area contributed by atoms with Crippen molar-refractivity contribution in [2.75, 3.05) is 0 Å². The van der Waals surface area contributed by atoms with Gasteiger partial charge in [0.05, 0.1) is 5.69 Å². The second kappa shape index (κ2) is 5.92. The molecule has 2 rings (SSSR count). The van der Waals surface area contributed by atoms with E-state index in [1.165, 1.54) is 16.8 Å². The second-order valence-electron chi connectivity index (χ2n) is 5.68. The van der Waals surface area contributed by atoms with Crippen molar-refractivity contribution in [2.45, 2.75) is 51.7 Å². The number of thioether (sulfide) groups is 1. The molecule has 1 aromatic rings. The Labute approximate surface area is 115 Å². The van der Waals surface area contributed by atoms with E-state index in [4.69, 9.17) is 0 Å². The molecule has 0 aromatic carbocycles. The van der Waals surface area contributed by atoms with Crippen LogP contribution in [0.1, 0.15) is 62.8 Å². The highest BCUT2D eigenvalue weighted by Gasteiger charge is 2.24. The summed E-state index contributed by atoms with van der Waals surface area (Å²) in [5, 5.41) is 2.24. The number of hydrogen-bond donors (Lipinski definition) is 0. The van der Waals surface area contributed by atoms with Gasteiger partial charge in [-0.1, -0.05) is 33.8 Å². The highest BCUT2D eigenvalue weighted by molar-refractivity contribution is 8.01. The maximum Gasteiger partial charge on any atom is 0.0543 e. The molecule has 0 radical (unpaired) electrons. The Morgan fingerprint density at radius 3 is 2.72 bits per heavy atom. The zero-order valence-corrected chi connectivity index (χ0v) is 12.6. The van der Waals surface area contributed by atoms with Crippen molar-refractivity contribution in [3.8, 4) is 0 Å². The molecule has 0 fully saturated rings. The third kappa shape index (κ3) is 2.80. The van der Waals surface area contributed by atoms with Crippen LogP contribution in [0.4, 0.5) is 0 Å². The molecule has 1 unspecified atom stereocenters. The van der Waals surface area contributed by atoms with Crippen LogP contribution in [0.3, 0.4) is 0 Å². The van der Waals surface area contributed by atoms with Gasteiger partial charge >= 0.3 is 0 Å². The Balaban J connectivity index is 2.54. The molecule has 1 aromatic heterocycles. The van der Waals surface area contributed by atoms with Crippen LogP contribution in [0.5, 0.6) is 0 Å². The summed E-state index contributed by atoms with van der Waals surface area (Å²) in [6, 6.07) is 2.22. The van der Waals surface area contributed by atoms with Crippen LogP contribution in [-0.4, -0.2) is 4.98 Å². The Bertz CT molecular complexity index is 435. The minimum atomic E-state index is 0.580. The summed E-state index contributed by atoms with van der Waals surface area (Å²) < 4.78 is 0. The first kappa shape index (κ1) is 13.7. The van der Waals surface area contributed by atoms with E-state index >= 15 is 0 Å². The minimum absolute atomic E-state index is 0.580. The minimum Gasteiger partial charge on any atom is -0.260 e. The van der Waals surface area contributed by atoms with Gasteiger partial charge in [0, 0.05) is 11.9 Å². The second-order valence-corrected chi connectivity index (χ2v) is 6.58. The van der Waals surface area contributed by atoms with Crippen molar-refractivity contribution in [2.24, 2.45) is 5.92 Å². The first-order chi connectivity index (χ1) is 8.61. The summed E-state index contributed by atoms with van der Waals surface area (Å²) in [5.41, 5.74) is 4.32. The van der Waals surface area contributed by atoms with Gasteiger partial charge in [-0.15, -0.1) is 11.8 Å². The lowest BCUT2D eigenvalue weighted by Crippen LogP contribution is -2.14. The summed E-state index contributed by atoms with van der Waals surface area (Å²) in [6.45, 7) is 9.23.